The predicted octanol–water partition coefficient (Wildman–Crippen LogP) is 3.19. The minimum Gasteiger partial charge on any atom is -0.377 e. The van der Waals surface area contributed by atoms with Crippen LogP contribution in [0.3, 0.4) is 0 Å². The lowest BCUT2D eigenvalue weighted by molar-refractivity contribution is -0.0721. The van der Waals surface area contributed by atoms with Crippen LogP contribution < -0.4 is 10.2 Å². The number of aryl methyl sites for hydroxylation is 1. The molecule has 29 heavy (non-hydrogen) atoms. The van der Waals surface area contributed by atoms with E-state index in [-0.39, 0.29) is 0 Å². The molecule has 3 rings (SSSR count). The van der Waals surface area contributed by atoms with Crippen molar-refractivity contribution in [2.24, 2.45) is 4.99 Å². The molecule has 2 saturated heterocycles. The summed E-state index contributed by atoms with van der Waals surface area (Å²) in [4.78, 5) is 9.04. The minimum absolute atomic E-state index is 0.302. The van der Waals surface area contributed by atoms with Gasteiger partial charge in [0.05, 0.1) is 18.8 Å². The molecule has 162 valence electrons. The molecule has 2 aliphatic heterocycles. The zero-order chi connectivity index (χ0) is 20.6. The third-order valence-electron chi connectivity index (χ3n) is 5.90. The third-order valence-corrected chi connectivity index (χ3v) is 5.90. The van der Waals surface area contributed by atoms with E-state index in [0.717, 1.165) is 58.1 Å². The smallest absolute Gasteiger partial charge is 0.193 e. The number of aliphatic imine (C=N–C) groups is 1. The predicted molar refractivity (Wildman–Crippen MR) is 120 cm³/mol. The number of anilines is 1. The lowest BCUT2D eigenvalue weighted by Gasteiger charge is -2.35. The first-order valence-corrected chi connectivity index (χ1v) is 11.0. The van der Waals surface area contributed by atoms with Gasteiger partial charge in [0.15, 0.2) is 5.96 Å². The summed E-state index contributed by atoms with van der Waals surface area (Å²) in [7, 11) is 6.06. The molecule has 0 saturated carbocycles. The molecule has 1 aromatic carbocycles. The number of nitrogens with zero attached hydrogens (tertiary/aromatic N) is 3. The molecule has 1 aromatic rings. The number of likely N-dealkylation sites (tertiary alicyclic amines) is 1. The van der Waals surface area contributed by atoms with E-state index in [1.54, 1.807) is 0 Å². The van der Waals surface area contributed by atoms with Crippen molar-refractivity contribution in [3.63, 3.8) is 0 Å². The van der Waals surface area contributed by atoms with Crippen LogP contribution >= 0.6 is 0 Å². The fraction of sp³-hybridized carbons (Fsp3) is 0.696. The van der Waals surface area contributed by atoms with Gasteiger partial charge in [-0.25, -0.2) is 0 Å². The summed E-state index contributed by atoms with van der Waals surface area (Å²) in [6, 6.07) is 6.61. The highest BCUT2D eigenvalue weighted by Gasteiger charge is 2.24. The van der Waals surface area contributed by atoms with Gasteiger partial charge in [0.2, 0.25) is 0 Å². The number of guanidine groups is 1. The number of rotatable bonds is 6. The van der Waals surface area contributed by atoms with Gasteiger partial charge >= 0.3 is 0 Å². The van der Waals surface area contributed by atoms with E-state index >= 15 is 0 Å². The molecule has 6 heteroatoms. The number of ether oxygens (including phenoxy) is 2. The summed E-state index contributed by atoms with van der Waals surface area (Å²) in [5.41, 5.74) is 3.82. The van der Waals surface area contributed by atoms with Crippen molar-refractivity contribution in [3.05, 3.63) is 29.3 Å². The first-order valence-electron chi connectivity index (χ1n) is 11.0. The molecule has 0 aromatic heterocycles. The van der Waals surface area contributed by atoms with Crippen LogP contribution in [0.4, 0.5) is 5.69 Å². The quantitative estimate of drug-likeness (QED) is 0.585. The summed E-state index contributed by atoms with van der Waals surface area (Å²) in [6.07, 6.45) is 6.33. The van der Waals surface area contributed by atoms with Crippen LogP contribution in [0.25, 0.3) is 0 Å². The Hall–Kier alpha value is -1.79. The summed E-state index contributed by atoms with van der Waals surface area (Å²) in [5, 5.41) is 3.56. The van der Waals surface area contributed by atoms with Gasteiger partial charge in [0, 0.05) is 53.1 Å². The molecule has 1 atom stereocenters. The van der Waals surface area contributed by atoms with Crippen molar-refractivity contribution in [1.29, 1.82) is 0 Å². The summed E-state index contributed by atoms with van der Waals surface area (Å²) in [5.74, 6) is 0.976. The first-order chi connectivity index (χ1) is 14.1. The maximum absolute atomic E-state index is 6.15. The summed E-state index contributed by atoms with van der Waals surface area (Å²) < 4.78 is 11.9. The summed E-state index contributed by atoms with van der Waals surface area (Å²) >= 11 is 0. The average molecular weight is 403 g/mol. The van der Waals surface area contributed by atoms with E-state index in [9.17, 15) is 0 Å². The molecule has 0 aliphatic carbocycles. The van der Waals surface area contributed by atoms with Gasteiger partial charge in [-0.05, 0) is 56.2 Å². The standard InChI is InChI=1S/C23H38N4O2/c1-18-8-9-19(22(15-18)26(3)4)16-25-23(24-2)27-12-10-20(11-13-27)29-17-21-7-5-6-14-28-21/h8-9,15,20-21H,5-7,10-14,16-17H2,1-4H3,(H,24,25). The molecule has 1 N–H and O–H groups in total. The maximum atomic E-state index is 6.15. The van der Waals surface area contributed by atoms with Crippen LogP contribution in [0, 0.1) is 6.92 Å². The van der Waals surface area contributed by atoms with Gasteiger partial charge in [-0.2, -0.15) is 0 Å². The van der Waals surface area contributed by atoms with Crippen LogP contribution in [-0.2, 0) is 16.0 Å². The number of hydrogen-bond acceptors (Lipinski definition) is 4. The van der Waals surface area contributed by atoms with Gasteiger partial charge < -0.3 is 24.6 Å². The third kappa shape index (κ3) is 6.34. The zero-order valence-corrected chi connectivity index (χ0v) is 18.6. The van der Waals surface area contributed by atoms with E-state index in [4.69, 9.17) is 9.47 Å². The molecule has 6 nitrogen and oxygen atoms in total. The molecule has 2 aliphatic rings. The Balaban J connectivity index is 1.46. The fourth-order valence-electron chi connectivity index (χ4n) is 4.16. The Kier molecular flexibility index (Phi) is 8.19. The topological polar surface area (TPSA) is 49.3 Å². The molecule has 2 fully saturated rings. The second kappa shape index (κ2) is 10.8. The fourth-order valence-corrected chi connectivity index (χ4v) is 4.16. The number of benzene rings is 1. The van der Waals surface area contributed by atoms with Crippen molar-refractivity contribution in [2.45, 2.75) is 57.8 Å². The largest absolute Gasteiger partial charge is 0.377 e. The summed E-state index contributed by atoms with van der Waals surface area (Å²) in [6.45, 7) is 6.50. The Morgan fingerprint density at radius 2 is 2.03 bits per heavy atom. The highest BCUT2D eigenvalue weighted by atomic mass is 16.5. The second-order valence-electron chi connectivity index (χ2n) is 8.44. The van der Waals surface area contributed by atoms with Crippen LogP contribution in [0.2, 0.25) is 0 Å². The van der Waals surface area contributed by atoms with Crippen molar-refractivity contribution >= 4 is 11.6 Å². The van der Waals surface area contributed by atoms with E-state index in [2.05, 4.69) is 59.3 Å². The number of nitrogens with one attached hydrogen (secondary N) is 1. The molecule has 1 unspecified atom stereocenters. The lowest BCUT2D eigenvalue weighted by Crippen LogP contribution is -2.47. The molecular weight excluding hydrogens is 364 g/mol. The van der Waals surface area contributed by atoms with Gasteiger partial charge in [-0.1, -0.05) is 12.1 Å². The molecule has 2 heterocycles. The highest BCUT2D eigenvalue weighted by molar-refractivity contribution is 5.80. The normalized spacial score (nSPS) is 21.3. The molecule has 0 spiro atoms. The van der Waals surface area contributed by atoms with Crippen molar-refractivity contribution < 1.29 is 9.47 Å². The Morgan fingerprint density at radius 3 is 2.69 bits per heavy atom. The van der Waals surface area contributed by atoms with Crippen molar-refractivity contribution in [2.75, 3.05) is 52.3 Å². The molecule has 0 radical (unpaired) electrons. The number of hydrogen-bond donors (Lipinski definition) is 1. The van der Waals surface area contributed by atoms with E-state index in [0.29, 0.717) is 12.2 Å². The Bertz CT molecular complexity index is 663. The first kappa shape index (κ1) is 21.9. The number of piperidine rings is 1. The highest BCUT2D eigenvalue weighted by Crippen LogP contribution is 2.21. The Labute approximate surface area is 176 Å². The van der Waals surface area contributed by atoms with E-state index in [1.165, 1.54) is 29.7 Å². The van der Waals surface area contributed by atoms with Gasteiger partial charge in [-0.3, -0.25) is 4.99 Å². The van der Waals surface area contributed by atoms with Crippen LogP contribution in [0.15, 0.2) is 23.2 Å². The van der Waals surface area contributed by atoms with Gasteiger partial charge in [0.1, 0.15) is 0 Å². The van der Waals surface area contributed by atoms with E-state index < -0.39 is 0 Å². The Morgan fingerprint density at radius 1 is 1.24 bits per heavy atom. The lowest BCUT2D eigenvalue weighted by atomic mass is 10.1. The van der Waals surface area contributed by atoms with Crippen LogP contribution in [0.5, 0.6) is 0 Å². The average Bonchev–Trinajstić information content (AvgIpc) is 2.75. The van der Waals surface area contributed by atoms with E-state index in [1.807, 2.05) is 7.05 Å². The zero-order valence-electron chi connectivity index (χ0n) is 18.6. The molecular formula is C23H38N4O2. The maximum Gasteiger partial charge on any atom is 0.193 e. The van der Waals surface area contributed by atoms with Crippen LogP contribution in [0.1, 0.15) is 43.2 Å². The van der Waals surface area contributed by atoms with Crippen LogP contribution in [-0.4, -0.2) is 70.5 Å². The van der Waals surface area contributed by atoms with Crippen molar-refractivity contribution in [3.8, 4) is 0 Å². The minimum atomic E-state index is 0.302. The van der Waals surface area contributed by atoms with Gasteiger partial charge in [-0.15, -0.1) is 0 Å². The second-order valence-corrected chi connectivity index (χ2v) is 8.44. The van der Waals surface area contributed by atoms with Gasteiger partial charge in [0.25, 0.3) is 0 Å². The monoisotopic (exact) mass is 402 g/mol. The molecule has 0 bridgehead atoms. The SMILES string of the molecule is CN=C(NCc1ccc(C)cc1N(C)C)N1CCC(OCC2CCCCO2)CC1. The molecule has 0 amide bonds. The van der Waals surface area contributed by atoms with Crippen molar-refractivity contribution in [1.82, 2.24) is 10.2 Å².